The third kappa shape index (κ3) is 5.45. The van der Waals surface area contributed by atoms with E-state index in [0.717, 1.165) is 22.6 Å². The molecule has 158 valence electrons. The zero-order chi connectivity index (χ0) is 21.6. The van der Waals surface area contributed by atoms with Gasteiger partial charge in [-0.2, -0.15) is 8.42 Å². The van der Waals surface area contributed by atoms with Crippen LogP contribution < -0.4 is 19.0 Å². The van der Waals surface area contributed by atoms with Crippen LogP contribution in [0.5, 0.6) is 17.2 Å². The highest BCUT2D eigenvalue weighted by atomic mass is 32.2. The summed E-state index contributed by atoms with van der Waals surface area (Å²) in [6.07, 6.45) is 0. The second-order valence-electron chi connectivity index (χ2n) is 6.65. The number of ether oxygens (including phenoxy) is 2. The van der Waals surface area contributed by atoms with Gasteiger partial charge in [-0.3, -0.25) is 0 Å². The molecule has 3 aromatic rings. The summed E-state index contributed by atoms with van der Waals surface area (Å²) in [5.41, 5.74) is 2.83. The molecule has 0 unspecified atom stereocenters. The van der Waals surface area contributed by atoms with Crippen molar-refractivity contribution in [1.82, 2.24) is 0 Å². The lowest BCUT2D eigenvalue weighted by molar-refractivity contribution is 0.340. The van der Waals surface area contributed by atoms with E-state index >= 15 is 0 Å². The van der Waals surface area contributed by atoms with Crippen molar-refractivity contribution < 1.29 is 22.1 Å². The van der Waals surface area contributed by atoms with E-state index in [1.54, 1.807) is 30.3 Å². The number of anilines is 1. The Labute approximate surface area is 177 Å². The summed E-state index contributed by atoms with van der Waals surface area (Å²) in [6.45, 7) is 5.00. The molecule has 0 aromatic heterocycles. The highest BCUT2D eigenvalue weighted by Crippen LogP contribution is 2.31. The van der Waals surface area contributed by atoms with Crippen molar-refractivity contribution in [3.05, 3.63) is 77.9 Å². The van der Waals surface area contributed by atoms with Gasteiger partial charge in [-0.15, -0.1) is 0 Å². The van der Waals surface area contributed by atoms with Gasteiger partial charge in [0.15, 0.2) is 11.5 Å². The van der Waals surface area contributed by atoms with Crippen LogP contribution in [0.4, 0.5) is 5.69 Å². The van der Waals surface area contributed by atoms with Crippen LogP contribution in [0.15, 0.2) is 71.6 Å². The van der Waals surface area contributed by atoms with Crippen molar-refractivity contribution >= 4 is 15.8 Å². The number of methoxy groups -OCH3 is 1. The van der Waals surface area contributed by atoms with Crippen molar-refractivity contribution in [3.8, 4) is 17.2 Å². The molecule has 0 amide bonds. The summed E-state index contributed by atoms with van der Waals surface area (Å²) in [6, 6.07) is 19.3. The molecular formula is C23H25NO5S. The molecule has 0 aliphatic heterocycles. The molecule has 0 saturated heterocycles. The minimum absolute atomic E-state index is 0.0939. The minimum Gasteiger partial charge on any atom is -0.494 e. The van der Waals surface area contributed by atoms with Gasteiger partial charge in [0.25, 0.3) is 0 Å². The van der Waals surface area contributed by atoms with E-state index in [0.29, 0.717) is 18.9 Å². The summed E-state index contributed by atoms with van der Waals surface area (Å²) in [7, 11) is -2.47. The van der Waals surface area contributed by atoms with Gasteiger partial charge in [-0.25, -0.2) is 0 Å². The first-order valence-corrected chi connectivity index (χ1v) is 11.0. The molecule has 1 N–H and O–H groups in total. The fraction of sp³-hybridized carbons (Fsp3) is 0.217. The first kappa shape index (κ1) is 21.5. The largest absolute Gasteiger partial charge is 0.494 e. The van der Waals surface area contributed by atoms with E-state index in [1.807, 2.05) is 38.1 Å². The number of hydrogen-bond donors (Lipinski definition) is 1. The van der Waals surface area contributed by atoms with Crippen molar-refractivity contribution in [1.29, 1.82) is 0 Å². The third-order valence-electron chi connectivity index (χ3n) is 4.40. The molecule has 30 heavy (non-hydrogen) atoms. The molecule has 0 radical (unpaired) electrons. The van der Waals surface area contributed by atoms with Gasteiger partial charge in [-0.1, -0.05) is 23.8 Å². The molecular weight excluding hydrogens is 402 g/mol. The van der Waals surface area contributed by atoms with Crippen LogP contribution in [-0.4, -0.2) is 22.1 Å². The first-order chi connectivity index (χ1) is 14.4. The Hall–Kier alpha value is -3.19. The number of rotatable bonds is 9. The number of hydrogen-bond acceptors (Lipinski definition) is 6. The monoisotopic (exact) mass is 427 g/mol. The lowest BCUT2D eigenvalue weighted by atomic mass is 10.2. The summed E-state index contributed by atoms with van der Waals surface area (Å²) in [4.78, 5) is 0.0939. The molecule has 0 spiro atoms. The Morgan fingerprint density at radius 1 is 0.900 bits per heavy atom. The number of aryl methyl sites for hydroxylation is 1. The van der Waals surface area contributed by atoms with Crippen LogP contribution in [0, 0.1) is 6.92 Å². The maximum atomic E-state index is 12.6. The van der Waals surface area contributed by atoms with Crippen LogP contribution in [0.1, 0.15) is 18.1 Å². The van der Waals surface area contributed by atoms with Crippen molar-refractivity contribution in [2.45, 2.75) is 25.3 Å². The maximum Gasteiger partial charge on any atom is 0.339 e. The molecule has 3 rings (SSSR count). The van der Waals surface area contributed by atoms with E-state index in [9.17, 15) is 8.42 Å². The molecule has 0 atom stereocenters. The molecule has 0 bridgehead atoms. The smallest absolute Gasteiger partial charge is 0.339 e. The highest BCUT2D eigenvalue weighted by molar-refractivity contribution is 7.87. The Morgan fingerprint density at radius 3 is 2.23 bits per heavy atom. The molecule has 0 fully saturated rings. The predicted octanol–water partition coefficient (Wildman–Crippen LogP) is 4.78. The Bertz CT molecular complexity index is 1080. The fourth-order valence-corrected chi connectivity index (χ4v) is 3.74. The second kappa shape index (κ2) is 9.54. The average Bonchev–Trinajstić information content (AvgIpc) is 2.74. The lowest BCUT2D eigenvalue weighted by Gasteiger charge is -2.13. The van der Waals surface area contributed by atoms with E-state index in [4.69, 9.17) is 13.7 Å². The van der Waals surface area contributed by atoms with E-state index in [2.05, 4.69) is 5.32 Å². The summed E-state index contributed by atoms with van der Waals surface area (Å²) in [5.74, 6) is 1.31. The summed E-state index contributed by atoms with van der Waals surface area (Å²) in [5, 5.41) is 3.31. The quantitative estimate of drug-likeness (QED) is 0.495. The van der Waals surface area contributed by atoms with Crippen LogP contribution in [0.3, 0.4) is 0 Å². The average molecular weight is 428 g/mol. The van der Waals surface area contributed by atoms with Crippen LogP contribution in [-0.2, 0) is 16.7 Å². The van der Waals surface area contributed by atoms with Gasteiger partial charge in [0, 0.05) is 12.2 Å². The SMILES string of the molecule is CCOc1ccc(NCc2ccc(OS(=O)(=O)c3ccc(C)cc3)c(OC)c2)cc1. The standard InChI is InChI=1S/C23H25NO5S/c1-4-28-20-10-8-19(9-11-20)24-16-18-7-14-22(23(15-18)27-3)29-30(25,26)21-12-5-17(2)6-13-21/h5-15,24H,4,16H2,1-3H3. The normalized spacial score (nSPS) is 11.0. The van der Waals surface area contributed by atoms with Gasteiger partial charge < -0.3 is 19.0 Å². The summed E-state index contributed by atoms with van der Waals surface area (Å²) >= 11 is 0. The molecule has 0 aliphatic rings. The van der Waals surface area contributed by atoms with Crippen LogP contribution in [0.2, 0.25) is 0 Å². The van der Waals surface area contributed by atoms with Crippen molar-refractivity contribution in [2.24, 2.45) is 0 Å². The minimum atomic E-state index is -3.95. The zero-order valence-electron chi connectivity index (χ0n) is 17.2. The molecule has 0 heterocycles. The van der Waals surface area contributed by atoms with Gasteiger partial charge in [0.2, 0.25) is 0 Å². The van der Waals surface area contributed by atoms with Gasteiger partial charge in [0.05, 0.1) is 13.7 Å². The van der Waals surface area contributed by atoms with Gasteiger partial charge >= 0.3 is 10.1 Å². The molecule has 6 nitrogen and oxygen atoms in total. The molecule has 7 heteroatoms. The van der Waals surface area contributed by atoms with E-state index < -0.39 is 10.1 Å². The maximum absolute atomic E-state index is 12.6. The van der Waals surface area contributed by atoms with E-state index in [-0.39, 0.29) is 10.6 Å². The lowest BCUT2D eigenvalue weighted by Crippen LogP contribution is -2.10. The predicted molar refractivity (Wildman–Crippen MR) is 117 cm³/mol. The van der Waals surface area contributed by atoms with Crippen molar-refractivity contribution in [3.63, 3.8) is 0 Å². The van der Waals surface area contributed by atoms with E-state index in [1.165, 1.54) is 19.2 Å². The van der Waals surface area contributed by atoms with Crippen LogP contribution in [0.25, 0.3) is 0 Å². The highest BCUT2D eigenvalue weighted by Gasteiger charge is 2.19. The second-order valence-corrected chi connectivity index (χ2v) is 8.19. The zero-order valence-corrected chi connectivity index (χ0v) is 18.0. The van der Waals surface area contributed by atoms with Crippen molar-refractivity contribution in [2.75, 3.05) is 19.0 Å². The summed E-state index contributed by atoms with van der Waals surface area (Å²) < 4.78 is 41.2. The van der Waals surface area contributed by atoms with Crippen LogP contribution >= 0.6 is 0 Å². The Balaban J connectivity index is 1.70. The van der Waals surface area contributed by atoms with Gasteiger partial charge in [-0.05, 0) is 67.9 Å². The first-order valence-electron chi connectivity index (χ1n) is 9.56. The fourth-order valence-electron chi connectivity index (χ4n) is 2.80. The molecule has 0 saturated carbocycles. The Morgan fingerprint density at radius 2 is 1.60 bits per heavy atom. The Kier molecular flexibility index (Phi) is 6.84. The number of nitrogens with one attached hydrogen (secondary N) is 1. The van der Waals surface area contributed by atoms with Gasteiger partial charge in [0.1, 0.15) is 10.6 Å². The third-order valence-corrected chi connectivity index (χ3v) is 5.65. The topological polar surface area (TPSA) is 73.9 Å². The molecule has 0 aliphatic carbocycles. The number of benzene rings is 3. The molecule has 3 aromatic carbocycles.